The molecule has 0 spiro atoms. The van der Waals surface area contributed by atoms with E-state index in [0.717, 1.165) is 25.0 Å². The predicted octanol–water partition coefficient (Wildman–Crippen LogP) is 1.61. The zero-order valence-corrected chi connectivity index (χ0v) is 15.4. The van der Waals surface area contributed by atoms with Gasteiger partial charge >= 0.3 is 0 Å². The summed E-state index contributed by atoms with van der Waals surface area (Å²) in [5.41, 5.74) is 0.681. The van der Waals surface area contributed by atoms with E-state index in [-0.39, 0.29) is 0 Å². The molecule has 0 unspecified atom stereocenters. The Labute approximate surface area is 153 Å². The third-order valence-electron chi connectivity index (χ3n) is 4.18. The van der Waals surface area contributed by atoms with E-state index in [1.165, 1.54) is 12.8 Å². The average Bonchev–Trinajstić information content (AvgIpc) is 3.38. The SMILES string of the molecule is CN=C(NCCc1noc(-c2ccccn2)n1)N(C)CCOCC1CC1. The van der Waals surface area contributed by atoms with Crippen molar-refractivity contribution in [3.8, 4) is 11.6 Å². The van der Waals surface area contributed by atoms with Crippen molar-refractivity contribution in [3.63, 3.8) is 0 Å². The van der Waals surface area contributed by atoms with Gasteiger partial charge in [0.1, 0.15) is 5.69 Å². The number of hydrogen-bond acceptors (Lipinski definition) is 6. The summed E-state index contributed by atoms with van der Waals surface area (Å²) in [6.07, 6.45) is 4.98. The molecule has 0 amide bonds. The molecule has 0 aliphatic heterocycles. The van der Waals surface area contributed by atoms with Gasteiger partial charge in [0.05, 0.1) is 6.61 Å². The molecule has 0 saturated heterocycles. The van der Waals surface area contributed by atoms with Gasteiger partial charge in [-0.25, -0.2) is 0 Å². The fourth-order valence-electron chi connectivity index (χ4n) is 2.46. The van der Waals surface area contributed by atoms with Gasteiger partial charge in [-0.2, -0.15) is 4.98 Å². The molecule has 1 aliphatic rings. The molecule has 1 N–H and O–H groups in total. The third kappa shape index (κ3) is 5.52. The van der Waals surface area contributed by atoms with E-state index in [4.69, 9.17) is 9.26 Å². The van der Waals surface area contributed by atoms with Gasteiger partial charge in [-0.15, -0.1) is 0 Å². The Balaban J connectivity index is 1.39. The number of aliphatic imine (C=N–C) groups is 1. The van der Waals surface area contributed by atoms with Crippen LogP contribution < -0.4 is 5.32 Å². The summed E-state index contributed by atoms with van der Waals surface area (Å²) >= 11 is 0. The Morgan fingerprint density at radius 2 is 2.31 bits per heavy atom. The molecule has 8 heteroatoms. The highest BCUT2D eigenvalue weighted by Gasteiger charge is 2.21. The summed E-state index contributed by atoms with van der Waals surface area (Å²) in [4.78, 5) is 14.9. The first-order valence-electron chi connectivity index (χ1n) is 9.00. The summed E-state index contributed by atoms with van der Waals surface area (Å²) in [5.74, 6) is 2.70. The van der Waals surface area contributed by atoms with Gasteiger partial charge in [-0.05, 0) is 30.9 Å². The lowest BCUT2D eigenvalue weighted by atomic mass is 10.3. The molecule has 0 atom stereocenters. The van der Waals surface area contributed by atoms with Gasteiger partial charge in [-0.3, -0.25) is 9.98 Å². The number of pyridine rings is 1. The number of nitrogens with zero attached hydrogens (tertiary/aromatic N) is 5. The zero-order chi connectivity index (χ0) is 18.2. The lowest BCUT2D eigenvalue weighted by molar-refractivity contribution is 0.115. The van der Waals surface area contributed by atoms with Crippen molar-refractivity contribution >= 4 is 5.96 Å². The predicted molar refractivity (Wildman–Crippen MR) is 98.8 cm³/mol. The molecule has 1 fully saturated rings. The molecule has 0 bridgehead atoms. The van der Waals surface area contributed by atoms with Crippen LogP contribution in [0.25, 0.3) is 11.6 Å². The highest BCUT2D eigenvalue weighted by atomic mass is 16.5. The second kappa shape index (κ2) is 9.28. The van der Waals surface area contributed by atoms with Crippen LogP contribution in [0.5, 0.6) is 0 Å². The van der Waals surface area contributed by atoms with Crippen LogP contribution >= 0.6 is 0 Å². The topological polar surface area (TPSA) is 88.7 Å². The summed E-state index contributed by atoms with van der Waals surface area (Å²) in [6, 6.07) is 5.59. The molecule has 2 heterocycles. The van der Waals surface area contributed by atoms with Gasteiger partial charge in [-0.1, -0.05) is 11.2 Å². The minimum Gasteiger partial charge on any atom is -0.379 e. The third-order valence-corrected chi connectivity index (χ3v) is 4.18. The molecule has 2 aromatic rings. The monoisotopic (exact) mass is 358 g/mol. The quantitative estimate of drug-likeness (QED) is 0.414. The number of rotatable bonds is 9. The van der Waals surface area contributed by atoms with Crippen LogP contribution in [-0.2, 0) is 11.2 Å². The van der Waals surface area contributed by atoms with Gasteiger partial charge in [0, 0.05) is 46.4 Å². The molecule has 8 nitrogen and oxygen atoms in total. The van der Waals surface area contributed by atoms with Gasteiger partial charge in [0.15, 0.2) is 11.8 Å². The standard InChI is InChI=1S/C18H26N6O2/c1-19-18(24(2)11-12-25-13-14-6-7-14)21-10-8-16-22-17(26-23-16)15-5-3-4-9-20-15/h3-5,9,14H,6-8,10-13H2,1-2H3,(H,19,21). The first kappa shape index (κ1) is 18.3. The highest BCUT2D eigenvalue weighted by Crippen LogP contribution is 2.28. The Kier molecular flexibility index (Phi) is 6.54. The van der Waals surface area contributed by atoms with E-state index < -0.39 is 0 Å². The maximum absolute atomic E-state index is 5.68. The average molecular weight is 358 g/mol. The molecule has 1 aliphatic carbocycles. The summed E-state index contributed by atoms with van der Waals surface area (Å²) in [6.45, 7) is 3.07. The molecule has 140 valence electrons. The number of guanidine groups is 1. The largest absolute Gasteiger partial charge is 0.379 e. The minimum atomic E-state index is 0.440. The molecule has 3 rings (SSSR count). The van der Waals surface area contributed by atoms with Crippen molar-refractivity contribution in [1.82, 2.24) is 25.3 Å². The van der Waals surface area contributed by atoms with Crippen LogP contribution in [0.4, 0.5) is 0 Å². The zero-order valence-electron chi connectivity index (χ0n) is 15.4. The molecule has 1 saturated carbocycles. The lowest BCUT2D eigenvalue weighted by Gasteiger charge is -2.21. The fraction of sp³-hybridized carbons (Fsp3) is 0.556. The number of nitrogens with one attached hydrogen (secondary N) is 1. The number of aromatic nitrogens is 3. The van der Waals surface area contributed by atoms with Crippen molar-refractivity contribution < 1.29 is 9.26 Å². The first-order chi connectivity index (χ1) is 12.8. The van der Waals surface area contributed by atoms with Crippen LogP contribution in [-0.4, -0.2) is 66.4 Å². The number of likely N-dealkylation sites (N-methyl/N-ethyl adjacent to an activating group) is 1. The maximum atomic E-state index is 5.68. The van der Waals surface area contributed by atoms with E-state index in [1.807, 2.05) is 25.2 Å². The van der Waals surface area contributed by atoms with Crippen molar-refractivity contribution in [2.75, 3.05) is 40.4 Å². The first-order valence-corrected chi connectivity index (χ1v) is 9.00. The number of ether oxygens (including phenoxy) is 1. The van der Waals surface area contributed by atoms with Crippen LogP contribution in [0.1, 0.15) is 18.7 Å². The van der Waals surface area contributed by atoms with Crippen LogP contribution in [0.2, 0.25) is 0 Å². The van der Waals surface area contributed by atoms with Gasteiger partial charge in [0.25, 0.3) is 5.89 Å². The van der Waals surface area contributed by atoms with E-state index >= 15 is 0 Å². The Morgan fingerprint density at radius 3 is 3.04 bits per heavy atom. The van der Waals surface area contributed by atoms with Gasteiger partial charge < -0.3 is 19.5 Å². The Morgan fingerprint density at radius 1 is 1.42 bits per heavy atom. The minimum absolute atomic E-state index is 0.440. The highest BCUT2D eigenvalue weighted by molar-refractivity contribution is 5.79. The normalized spacial score (nSPS) is 14.5. The summed E-state index contributed by atoms with van der Waals surface area (Å²) in [7, 11) is 3.78. The molecule has 2 aromatic heterocycles. The summed E-state index contributed by atoms with van der Waals surface area (Å²) in [5, 5.41) is 7.32. The second-order valence-electron chi connectivity index (χ2n) is 6.39. The van der Waals surface area contributed by atoms with Crippen molar-refractivity contribution in [1.29, 1.82) is 0 Å². The van der Waals surface area contributed by atoms with Gasteiger partial charge in [0.2, 0.25) is 0 Å². The maximum Gasteiger partial charge on any atom is 0.276 e. The van der Waals surface area contributed by atoms with E-state index in [2.05, 4.69) is 30.3 Å². The molecular weight excluding hydrogens is 332 g/mol. The van der Waals surface area contributed by atoms with Crippen molar-refractivity contribution in [2.45, 2.75) is 19.3 Å². The summed E-state index contributed by atoms with van der Waals surface area (Å²) < 4.78 is 10.9. The van der Waals surface area contributed by atoms with Crippen molar-refractivity contribution in [3.05, 3.63) is 30.2 Å². The van der Waals surface area contributed by atoms with Crippen LogP contribution in [0, 0.1) is 5.92 Å². The Bertz CT molecular complexity index is 699. The molecule has 26 heavy (non-hydrogen) atoms. The molecular formula is C18H26N6O2. The van der Waals surface area contributed by atoms with Crippen LogP contribution in [0.15, 0.2) is 33.9 Å². The van der Waals surface area contributed by atoms with E-state index in [0.29, 0.717) is 37.0 Å². The van der Waals surface area contributed by atoms with Crippen molar-refractivity contribution in [2.24, 2.45) is 10.9 Å². The fourth-order valence-corrected chi connectivity index (χ4v) is 2.46. The lowest BCUT2D eigenvalue weighted by Crippen LogP contribution is -2.41. The molecule has 0 aromatic carbocycles. The van der Waals surface area contributed by atoms with E-state index in [1.54, 1.807) is 13.2 Å². The second-order valence-corrected chi connectivity index (χ2v) is 6.39. The van der Waals surface area contributed by atoms with Crippen LogP contribution in [0.3, 0.4) is 0 Å². The molecule has 0 radical (unpaired) electrons. The Hall–Kier alpha value is -2.48. The smallest absolute Gasteiger partial charge is 0.276 e. The number of hydrogen-bond donors (Lipinski definition) is 1. The van der Waals surface area contributed by atoms with E-state index in [9.17, 15) is 0 Å².